The zero-order valence-electron chi connectivity index (χ0n) is 11.4. The van der Waals surface area contributed by atoms with Crippen molar-refractivity contribution in [1.29, 1.82) is 0 Å². The SMILES string of the molecule is COC(=O)C(NCC(F)(F)F)C1CC(C)=CC(C)C1. The highest BCUT2D eigenvalue weighted by molar-refractivity contribution is 5.76. The Bertz CT molecular complexity index is 352. The van der Waals surface area contributed by atoms with Crippen molar-refractivity contribution in [2.45, 2.75) is 38.9 Å². The van der Waals surface area contributed by atoms with Gasteiger partial charge in [-0.2, -0.15) is 13.2 Å². The summed E-state index contributed by atoms with van der Waals surface area (Å²) in [4.78, 5) is 11.7. The lowest BCUT2D eigenvalue weighted by molar-refractivity contribution is -0.148. The zero-order valence-corrected chi connectivity index (χ0v) is 11.4. The maximum Gasteiger partial charge on any atom is 0.401 e. The van der Waals surface area contributed by atoms with Gasteiger partial charge >= 0.3 is 12.1 Å². The molecule has 0 heterocycles. The number of carbonyl (C=O) groups excluding carboxylic acids is 1. The highest BCUT2D eigenvalue weighted by Crippen LogP contribution is 2.31. The molecule has 1 rings (SSSR count). The number of hydrogen-bond donors (Lipinski definition) is 1. The van der Waals surface area contributed by atoms with Gasteiger partial charge in [0.1, 0.15) is 6.04 Å². The van der Waals surface area contributed by atoms with Crippen molar-refractivity contribution in [1.82, 2.24) is 5.32 Å². The van der Waals surface area contributed by atoms with Crippen LogP contribution >= 0.6 is 0 Å². The Balaban J connectivity index is 2.74. The first-order valence-corrected chi connectivity index (χ1v) is 6.28. The van der Waals surface area contributed by atoms with Crippen LogP contribution in [0.1, 0.15) is 26.7 Å². The third-order valence-corrected chi connectivity index (χ3v) is 3.28. The van der Waals surface area contributed by atoms with Gasteiger partial charge in [-0.3, -0.25) is 10.1 Å². The molecule has 6 heteroatoms. The smallest absolute Gasteiger partial charge is 0.401 e. The van der Waals surface area contributed by atoms with Crippen molar-refractivity contribution in [2.75, 3.05) is 13.7 Å². The van der Waals surface area contributed by atoms with Crippen LogP contribution in [0.5, 0.6) is 0 Å². The van der Waals surface area contributed by atoms with E-state index < -0.39 is 24.7 Å². The molecule has 1 aliphatic carbocycles. The third-order valence-electron chi connectivity index (χ3n) is 3.28. The minimum absolute atomic E-state index is 0.158. The number of methoxy groups -OCH3 is 1. The van der Waals surface area contributed by atoms with Crippen molar-refractivity contribution in [2.24, 2.45) is 11.8 Å². The van der Waals surface area contributed by atoms with E-state index in [1.807, 2.05) is 13.8 Å². The van der Waals surface area contributed by atoms with Crippen LogP contribution in [0.25, 0.3) is 0 Å². The molecule has 0 aromatic heterocycles. The van der Waals surface area contributed by atoms with Crippen LogP contribution in [0.4, 0.5) is 13.2 Å². The molecule has 3 unspecified atom stereocenters. The standard InChI is InChI=1S/C13H20F3NO2/c1-8-4-9(2)6-10(5-8)11(12(18)19-3)17-7-13(14,15)16/h4,8,10-11,17H,5-7H2,1-3H3. The van der Waals surface area contributed by atoms with E-state index >= 15 is 0 Å². The van der Waals surface area contributed by atoms with Crippen LogP contribution in [0.2, 0.25) is 0 Å². The second-order valence-corrected chi connectivity index (χ2v) is 5.19. The molecule has 19 heavy (non-hydrogen) atoms. The first-order chi connectivity index (χ1) is 8.73. The third kappa shape index (κ3) is 5.22. The summed E-state index contributed by atoms with van der Waals surface area (Å²) in [6.45, 7) is 2.74. The first-order valence-electron chi connectivity index (χ1n) is 6.28. The molecule has 0 bridgehead atoms. The summed E-state index contributed by atoms with van der Waals surface area (Å²) < 4.78 is 41.4. The Kier molecular flexibility index (Phi) is 5.40. The molecule has 3 atom stereocenters. The highest BCUT2D eigenvalue weighted by Gasteiger charge is 2.35. The van der Waals surface area contributed by atoms with E-state index in [2.05, 4.69) is 16.1 Å². The molecule has 0 amide bonds. The molecule has 0 saturated heterocycles. The Hall–Kier alpha value is -1.04. The minimum Gasteiger partial charge on any atom is -0.468 e. The van der Waals surface area contributed by atoms with Crippen LogP contribution in [-0.2, 0) is 9.53 Å². The van der Waals surface area contributed by atoms with E-state index in [-0.39, 0.29) is 11.8 Å². The van der Waals surface area contributed by atoms with Gasteiger partial charge in [-0.25, -0.2) is 0 Å². The molecule has 3 nitrogen and oxygen atoms in total. The summed E-state index contributed by atoms with van der Waals surface area (Å²) in [5.74, 6) is -0.524. The molecule has 0 saturated carbocycles. The van der Waals surface area contributed by atoms with Crippen LogP contribution < -0.4 is 5.32 Å². The Labute approximate surface area is 111 Å². The number of halogens is 3. The largest absolute Gasteiger partial charge is 0.468 e. The predicted octanol–water partition coefficient (Wildman–Crippen LogP) is 2.67. The maximum absolute atomic E-state index is 12.3. The molecular formula is C13H20F3NO2. The van der Waals surface area contributed by atoms with Crippen LogP contribution in [0.3, 0.4) is 0 Å². The maximum atomic E-state index is 12.3. The fraction of sp³-hybridized carbons (Fsp3) is 0.769. The van der Waals surface area contributed by atoms with Gasteiger partial charge in [0.25, 0.3) is 0 Å². The van der Waals surface area contributed by atoms with Crippen molar-refractivity contribution < 1.29 is 22.7 Å². The molecular weight excluding hydrogens is 259 g/mol. The second-order valence-electron chi connectivity index (χ2n) is 5.19. The predicted molar refractivity (Wildman–Crippen MR) is 65.5 cm³/mol. The summed E-state index contributed by atoms with van der Waals surface area (Å²) in [5.41, 5.74) is 1.10. The summed E-state index contributed by atoms with van der Waals surface area (Å²) in [6.07, 6.45) is -0.942. The van der Waals surface area contributed by atoms with E-state index in [1.54, 1.807) is 0 Å². The summed E-state index contributed by atoms with van der Waals surface area (Å²) in [5, 5.41) is 2.29. The van der Waals surface area contributed by atoms with Crippen LogP contribution in [-0.4, -0.2) is 31.8 Å². The van der Waals surface area contributed by atoms with E-state index in [9.17, 15) is 18.0 Å². The molecule has 0 aromatic carbocycles. The summed E-state index contributed by atoms with van der Waals surface area (Å²) in [7, 11) is 1.19. The first kappa shape index (κ1) is 16.0. The Morgan fingerprint density at radius 1 is 1.58 bits per heavy atom. The van der Waals surface area contributed by atoms with E-state index in [0.717, 1.165) is 5.57 Å². The molecule has 110 valence electrons. The molecule has 0 aliphatic heterocycles. The number of esters is 1. The fourth-order valence-corrected chi connectivity index (χ4v) is 2.65. The summed E-state index contributed by atoms with van der Waals surface area (Å²) >= 11 is 0. The van der Waals surface area contributed by atoms with Crippen molar-refractivity contribution >= 4 is 5.97 Å². The second kappa shape index (κ2) is 6.41. The van der Waals surface area contributed by atoms with E-state index in [0.29, 0.717) is 12.8 Å². The molecule has 1 aliphatic rings. The Morgan fingerprint density at radius 3 is 2.68 bits per heavy atom. The molecule has 0 radical (unpaired) electrons. The lowest BCUT2D eigenvalue weighted by Crippen LogP contribution is -2.48. The number of alkyl halides is 3. The lowest BCUT2D eigenvalue weighted by atomic mass is 9.79. The average molecular weight is 279 g/mol. The minimum atomic E-state index is -4.34. The molecule has 0 spiro atoms. The number of rotatable bonds is 4. The van der Waals surface area contributed by atoms with Crippen LogP contribution in [0, 0.1) is 11.8 Å². The van der Waals surface area contributed by atoms with Gasteiger partial charge in [0.2, 0.25) is 0 Å². The van der Waals surface area contributed by atoms with Gasteiger partial charge in [-0.1, -0.05) is 18.6 Å². The highest BCUT2D eigenvalue weighted by atomic mass is 19.4. The number of carbonyl (C=O) groups is 1. The van der Waals surface area contributed by atoms with Gasteiger partial charge in [0, 0.05) is 0 Å². The summed E-state index contributed by atoms with van der Waals surface area (Å²) in [6, 6.07) is -0.905. The number of hydrogen-bond acceptors (Lipinski definition) is 3. The normalized spacial score (nSPS) is 25.7. The molecule has 0 aromatic rings. The van der Waals surface area contributed by atoms with Gasteiger partial charge in [-0.15, -0.1) is 0 Å². The lowest BCUT2D eigenvalue weighted by Gasteiger charge is -2.31. The van der Waals surface area contributed by atoms with Crippen molar-refractivity contribution in [3.05, 3.63) is 11.6 Å². The van der Waals surface area contributed by atoms with Crippen molar-refractivity contribution in [3.63, 3.8) is 0 Å². The monoisotopic (exact) mass is 279 g/mol. The zero-order chi connectivity index (χ0) is 14.6. The molecule has 1 N–H and O–H groups in total. The van der Waals surface area contributed by atoms with E-state index in [4.69, 9.17) is 0 Å². The number of nitrogens with one attached hydrogen (secondary N) is 1. The van der Waals surface area contributed by atoms with Gasteiger partial charge in [-0.05, 0) is 31.6 Å². The Morgan fingerprint density at radius 2 is 2.21 bits per heavy atom. The fourth-order valence-electron chi connectivity index (χ4n) is 2.65. The number of ether oxygens (including phenoxy) is 1. The quantitative estimate of drug-likeness (QED) is 0.635. The van der Waals surface area contributed by atoms with Gasteiger partial charge in [0.05, 0.1) is 13.7 Å². The molecule has 0 fully saturated rings. The average Bonchev–Trinajstić information content (AvgIpc) is 2.26. The van der Waals surface area contributed by atoms with Crippen LogP contribution in [0.15, 0.2) is 11.6 Å². The van der Waals surface area contributed by atoms with E-state index in [1.165, 1.54) is 7.11 Å². The van der Waals surface area contributed by atoms with Crippen molar-refractivity contribution in [3.8, 4) is 0 Å². The topological polar surface area (TPSA) is 38.3 Å². The van der Waals surface area contributed by atoms with Gasteiger partial charge in [0.15, 0.2) is 0 Å². The van der Waals surface area contributed by atoms with Gasteiger partial charge < -0.3 is 4.74 Å². The number of allylic oxidation sites excluding steroid dienone is 2.